The molecule has 7 nitrogen and oxygen atoms in total. The third kappa shape index (κ3) is 4.25. The van der Waals surface area contributed by atoms with E-state index in [9.17, 15) is 13.2 Å². The third-order valence-electron chi connectivity index (χ3n) is 4.09. The molecule has 24 heavy (non-hydrogen) atoms. The van der Waals surface area contributed by atoms with Crippen LogP contribution in [0.25, 0.3) is 0 Å². The molecule has 0 saturated carbocycles. The van der Waals surface area contributed by atoms with E-state index in [0.29, 0.717) is 31.6 Å². The number of halogens is 1. The molecule has 1 heterocycles. The van der Waals surface area contributed by atoms with Crippen molar-refractivity contribution in [3.05, 3.63) is 24.3 Å². The van der Waals surface area contributed by atoms with Gasteiger partial charge in [-0.25, -0.2) is 12.7 Å². The second-order valence-corrected chi connectivity index (χ2v) is 7.87. The molecular weight excluding hydrogens is 354 g/mol. The second-order valence-electron chi connectivity index (χ2n) is 5.72. The lowest BCUT2D eigenvalue weighted by molar-refractivity contribution is -0.140. The maximum Gasteiger partial charge on any atom is 0.256 e. The van der Waals surface area contributed by atoms with Crippen LogP contribution in [0.1, 0.15) is 12.8 Å². The molecule has 0 aromatic heterocycles. The summed E-state index contributed by atoms with van der Waals surface area (Å²) < 4.78 is 30.9. The zero-order valence-corrected chi connectivity index (χ0v) is 15.7. The van der Waals surface area contributed by atoms with Crippen molar-refractivity contribution in [3.63, 3.8) is 0 Å². The first-order valence-electron chi connectivity index (χ1n) is 7.42. The Morgan fingerprint density at radius 1 is 1.29 bits per heavy atom. The molecule has 0 atom stereocenters. The van der Waals surface area contributed by atoms with E-state index in [-0.39, 0.29) is 23.2 Å². The summed E-state index contributed by atoms with van der Waals surface area (Å²) in [6.45, 7) is 1.41. The van der Waals surface area contributed by atoms with Crippen molar-refractivity contribution in [2.24, 2.45) is 0 Å². The molecule has 1 aliphatic heterocycles. The van der Waals surface area contributed by atoms with Gasteiger partial charge in [0, 0.05) is 26.9 Å². The van der Waals surface area contributed by atoms with Crippen molar-refractivity contribution in [1.29, 1.82) is 0 Å². The number of nitrogens with zero attached hydrogens (tertiary/aromatic N) is 1. The molecule has 0 bridgehead atoms. The van der Waals surface area contributed by atoms with Crippen molar-refractivity contribution >= 4 is 34.0 Å². The minimum Gasteiger partial charge on any atom is -0.368 e. The van der Waals surface area contributed by atoms with Crippen molar-refractivity contribution < 1.29 is 17.9 Å². The zero-order valence-electron chi connectivity index (χ0n) is 14.0. The van der Waals surface area contributed by atoms with Gasteiger partial charge in [-0.2, -0.15) is 0 Å². The van der Waals surface area contributed by atoms with Crippen molar-refractivity contribution in [3.8, 4) is 0 Å². The minimum atomic E-state index is -3.54. The fraction of sp³-hybridized carbons (Fsp3) is 0.533. The highest BCUT2D eigenvalue weighted by Gasteiger charge is 2.39. The van der Waals surface area contributed by atoms with E-state index in [1.807, 2.05) is 0 Å². The second kappa shape index (κ2) is 8.26. The Balaban J connectivity index is 0.00000288. The van der Waals surface area contributed by atoms with Gasteiger partial charge in [0.05, 0.1) is 4.90 Å². The number of rotatable bonds is 5. The van der Waals surface area contributed by atoms with Crippen LogP contribution >= 0.6 is 12.4 Å². The number of hydrogen-bond acceptors (Lipinski definition) is 5. The molecule has 0 spiro atoms. The van der Waals surface area contributed by atoms with E-state index in [2.05, 4.69) is 10.6 Å². The van der Waals surface area contributed by atoms with E-state index < -0.39 is 15.6 Å². The normalized spacial score (nSPS) is 17.2. The lowest BCUT2D eigenvalue weighted by atomic mass is 9.91. The molecule has 1 amide bonds. The van der Waals surface area contributed by atoms with Gasteiger partial charge in [0.1, 0.15) is 5.60 Å². The highest BCUT2D eigenvalue weighted by molar-refractivity contribution is 7.89. The summed E-state index contributed by atoms with van der Waals surface area (Å²) >= 11 is 0. The molecule has 1 aromatic carbocycles. The molecule has 0 radical (unpaired) electrons. The van der Waals surface area contributed by atoms with Gasteiger partial charge in [-0.1, -0.05) is 6.07 Å². The lowest BCUT2D eigenvalue weighted by Crippen LogP contribution is -2.51. The number of hydrogen-bond donors (Lipinski definition) is 2. The van der Waals surface area contributed by atoms with Gasteiger partial charge in [-0.3, -0.25) is 4.79 Å². The average Bonchev–Trinajstić information content (AvgIpc) is 2.55. The van der Waals surface area contributed by atoms with Crippen LogP contribution in [0.5, 0.6) is 0 Å². The highest BCUT2D eigenvalue weighted by Crippen LogP contribution is 2.25. The molecule has 0 unspecified atom stereocenters. The van der Waals surface area contributed by atoms with Crippen LogP contribution in [0.4, 0.5) is 5.69 Å². The summed E-state index contributed by atoms with van der Waals surface area (Å²) in [7, 11) is 0.921. The Hall–Kier alpha value is -1.19. The van der Waals surface area contributed by atoms with Crippen LogP contribution < -0.4 is 10.6 Å². The Labute approximate surface area is 149 Å². The van der Waals surface area contributed by atoms with Crippen LogP contribution in [0.2, 0.25) is 0 Å². The standard InChI is InChI=1S/C15H23N3O4S.ClH/c1-18(2)23(20,21)13-6-4-5-12(11-13)17-14(19)15(22-3)7-9-16-10-8-15;/h4-6,11,16H,7-10H2,1-3H3,(H,17,19);1H. The Morgan fingerprint density at radius 3 is 2.46 bits per heavy atom. The maximum atomic E-state index is 12.6. The van der Waals surface area contributed by atoms with Crippen molar-refractivity contribution in [2.75, 3.05) is 39.6 Å². The number of benzene rings is 1. The van der Waals surface area contributed by atoms with Crippen LogP contribution in [0.3, 0.4) is 0 Å². The summed E-state index contributed by atoms with van der Waals surface area (Å²) in [4.78, 5) is 12.7. The number of piperidine rings is 1. The maximum absolute atomic E-state index is 12.6. The molecule has 136 valence electrons. The SMILES string of the molecule is COC1(C(=O)Nc2cccc(S(=O)(=O)N(C)C)c2)CCNCC1.Cl. The molecule has 1 aliphatic rings. The molecule has 1 fully saturated rings. The topological polar surface area (TPSA) is 87.7 Å². The van der Waals surface area contributed by atoms with Crippen LogP contribution in [-0.2, 0) is 19.6 Å². The first-order valence-corrected chi connectivity index (χ1v) is 8.86. The van der Waals surface area contributed by atoms with Crippen LogP contribution in [-0.4, -0.2) is 58.5 Å². The third-order valence-corrected chi connectivity index (χ3v) is 5.90. The molecule has 2 N–H and O–H groups in total. The number of anilines is 1. The van der Waals surface area contributed by atoms with Gasteiger partial charge < -0.3 is 15.4 Å². The van der Waals surface area contributed by atoms with Gasteiger partial charge >= 0.3 is 0 Å². The molecule has 0 aliphatic carbocycles. The number of carbonyl (C=O) groups excluding carboxylic acids is 1. The minimum absolute atomic E-state index is 0. The predicted octanol–water partition coefficient (Wildman–Crippen LogP) is 1.07. The largest absolute Gasteiger partial charge is 0.368 e. The average molecular weight is 378 g/mol. The quantitative estimate of drug-likeness (QED) is 0.801. The smallest absolute Gasteiger partial charge is 0.256 e. The number of nitrogens with one attached hydrogen (secondary N) is 2. The lowest BCUT2D eigenvalue weighted by Gasteiger charge is -2.34. The van der Waals surface area contributed by atoms with E-state index in [0.717, 1.165) is 4.31 Å². The summed E-state index contributed by atoms with van der Waals surface area (Å²) in [5, 5.41) is 5.97. The molecular formula is C15H24ClN3O4S. The fourth-order valence-electron chi connectivity index (χ4n) is 2.54. The summed E-state index contributed by atoms with van der Waals surface area (Å²) in [5.74, 6) is -0.249. The first-order chi connectivity index (χ1) is 10.8. The fourth-order valence-corrected chi connectivity index (χ4v) is 3.49. The van der Waals surface area contributed by atoms with E-state index >= 15 is 0 Å². The predicted molar refractivity (Wildman–Crippen MR) is 95.0 cm³/mol. The van der Waals surface area contributed by atoms with Crippen LogP contribution in [0.15, 0.2) is 29.2 Å². The molecule has 1 aromatic rings. The highest BCUT2D eigenvalue weighted by atomic mass is 35.5. The molecule has 1 saturated heterocycles. The van der Waals surface area contributed by atoms with E-state index in [1.54, 1.807) is 12.1 Å². The van der Waals surface area contributed by atoms with Crippen molar-refractivity contribution in [2.45, 2.75) is 23.3 Å². The monoisotopic (exact) mass is 377 g/mol. The van der Waals surface area contributed by atoms with Gasteiger partial charge in [0.2, 0.25) is 10.0 Å². The van der Waals surface area contributed by atoms with Gasteiger partial charge in [0.15, 0.2) is 0 Å². The number of methoxy groups -OCH3 is 1. The van der Waals surface area contributed by atoms with Crippen molar-refractivity contribution in [1.82, 2.24) is 9.62 Å². The molecule has 9 heteroatoms. The Bertz CT molecular complexity index is 673. The Morgan fingerprint density at radius 2 is 1.92 bits per heavy atom. The number of ether oxygens (including phenoxy) is 1. The number of amides is 1. The number of carbonyl (C=O) groups is 1. The van der Waals surface area contributed by atoms with Crippen LogP contribution in [0, 0.1) is 0 Å². The van der Waals surface area contributed by atoms with Gasteiger partial charge in [-0.05, 0) is 44.1 Å². The summed E-state index contributed by atoms with van der Waals surface area (Å²) in [6, 6.07) is 6.23. The van der Waals surface area contributed by atoms with Gasteiger partial charge in [0.25, 0.3) is 5.91 Å². The van der Waals surface area contributed by atoms with E-state index in [4.69, 9.17) is 4.74 Å². The summed E-state index contributed by atoms with van der Waals surface area (Å²) in [6.07, 6.45) is 1.15. The summed E-state index contributed by atoms with van der Waals surface area (Å²) in [5.41, 5.74) is -0.435. The zero-order chi connectivity index (χ0) is 17.1. The Kier molecular flexibility index (Phi) is 7.18. The van der Waals surface area contributed by atoms with E-state index in [1.165, 1.54) is 33.3 Å². The molecule has 2 rings (SSSR count). The number of sulfonamides is 1. The van der Waals surface area contributed by atoms with Gasteiger partial charge in [-0.15, -0.1) is 12.4 Å². The first kappa shape index (κ1) is 20.9.